The Kier molecular flexibility index (Phi) is 16.1. The van der Waals surface area contributed by atoms with Gasteiger partial charge in [-0.1, -0.05) is 24.3 Å². The van der Waals surface area contributed by atoms with Crippen molar-refractivity contribution in [1.82, 2.24) is 59.4 Å². The zero-order valence-corrected chi connectivity index (χ0v) is 43.7. The predicted molar refractivity (Wildman–Crippen MR) is 289 cm³/mol. The molecule has 10 aromatic rings. The highest BCUT2D eigenvalue weighted by Crippen LogP contribution is 2.41. The van der Waals surface area contributed by atoms with Gasteiger partial charge in [-0.3, -0.25) is 19.0 Å². The Morgan fingerprint density at radius 1 is 0.598 bits per heavy atom. The van der Waals surface area contributed by atoms with E-state index in [9.17, 15) is 27.2 Å². The van der Waals surface area contributed by atoms with Gasteiger partial charge >= 0.3 is 13.2 Å². The molecule has 4 aromatic carbocycles. The SMILES string of the molecule is Cn1cc(NC(=O)c2cnn3cccnc23)c(-c2cc(Oc3cccc(C4COCCN4)c3)ccc2OC(F)F)n1.Cn1cc(NC(=O)c2cnn3cccnc23)c(-c2cc(Oc3cccc(C4COCCN4)c3)ccc2OC(F)F)n1. The van der Waals surface area contributed by atoms with Crippen LogP contribution >= 0.6 is 0 Å². The molecule has 2 saturated heterocycles. The van der Waals surface area contributed by atoms with Crippen molar-refractivity contribution in [1.29, 1.82) is 0 Å². The van der Waals surface area contributed by atoms with Gasteiger partial charge in [0.25, 0.3) is 11.8 Å². The molecular weight excluding hydrogens is 1070 g/mol. The van der Waals surface area contributed by atoms with E-state index in [0.717, 1.165) is 24.2 Å². The molecule has 0 bridgehead atoms. The van der Waals surface area contributed by atoms with Crippen LogP contribution in [0.4, 0.5) is 28.9 Å². The van der Waals surface area contributed by atoms with Crippen LogP contribution in [-0.2, 0) is 23.6 Å². The Morgan fingerprint density at radius 2 is 1.04 bits per heavy atom. The molecule has 0 aliphatic carbocycles. The number of nitrogens with zero attached hydrogens (tertiary/aromatic N) is 10. The molecule has 4 N–H and O–H groups in total. The van der Waals surface area contributed by atoms with E-state index >= 15 is 0 Å². The van der Waals surface area contributed by atoms with Gasteiger partial charge in [-0.25, -0.2) is 19.0 Å². The number of ether oxygens (including phenoxy) is 6. The van der Waals surface area contributed by atoms with E-state index < -0.39 is 25.0 Å². The number of morpholine rings is 2. The molecule has 2 fully saturated rings. The summed E-state index contributed by atoms with van der Waals surface area (Å²) in [5.41, 5.74) is 4.57. The molecule has 0 radical (unpaired) electrons. The number of alkyl halides is 4. The number of hydrogen-bond donors (Lipinski definition) is 4. The molecule has 26 heteroatoms. The van der Waals surface area contributed by atoms with E-state index in [2.05, 4.69) is 51.6 Å². The number of rotatable bonds is 16. The number of aryl methyl sites for hydroxylation is 2. The Hall–Kier alpha value is -9.76. The summed E-state index contributed by atoms with van der Waals surface area (Å²) in [7, 11) is 3.30. The van der Waals surface area contributed by atoms with E-state index in [1.807, 2.05) is 36.4 Å². The standard InChI is InChI=1S/2C28H25F2N7O4/c2*1-36-15-22(34-27(38)21-14-33-37-10-3-8-32-26(21)37)25(35-36)20-13-19(6-7-24(20)41-28(29)30)40-18-5-2-4-17(12-18)23-16-39-11-9-31-23/h2*2-8,10,12-15,23,28,31H,9,11,16H2,1H3,(H,34,38). The highest BCUT2D eigenvalue weighted by molar-refractivity contribution is 6.10. The number of halogens is 4. The summed E-state index contributed by atoms with van der Waals surface area (Å²) in [6.07, 6.45) is 12.4. The molecule has 6 aromatic heterocycles. The first kappa shape index (κ1) is 54.2. The highest BCUT2D eigenvalue weighted by atomic mass is 19.3. The van der Waals surface area contributed by atoms with Gasteiger partial charge in [0.2, 0.25) is 0 Å². The molecule has 420 valence electrons. The van der Waals surface area contributed by atoms with Crippen LogP contribution in [0.2, 0.25) is 0 Å². The largest absolute Gasteiger partial charge is 0.457 e. The van der Waals surface area contributed by atoms with Gasteiger partial charge in [0.05, 0.1) is 73.4 Å². The van der Waals surface area contributed by atoms with Crippen LogP contribution in [0.3, 0.4) is 0 Å². The molecule has 0 spiro atoms. The number of carbonyl (C=O) groups excluding carboxylic acids is 2. The van der Waals surface area contributed by atoms with Gasteiger partial charge in [0, 0.05) is 64.4 Å². The quantitative estimate of drug-likeness (QED) is 0.0662. The molecule has 8 heterocycles. The number of carbonyl (C=O) groups is 2. The third-order valence-electron chi connectivity index (χ3n) is 12.9. The van der Waals surface area contributed by atoms with Crippen LogP contribution in [0, 0.1) is 0 Å². The fourth-order valence-electron chi connectivity index (χ4n) is 9.25. The van der Waals surface area contributed by atoms with E-state index in [0.29, 0.717) is 60.7 Å². The van der Waals surface area contributed by atoms with E-state index in [1.54, 1.807) is 87.7 Å². The lowest BCUT2D eigenvalue weighted by atomic mass is 10.1. The third kappa shape index (κ3) is 12.5. The summed E-state index contributed by atoms with van der Waals surface area (Å²) >= 11 is 0. The smallest absolute Gasteiger partial charge is 0.387 e. The summed E-state index contributed by atoms with van der Waals surface area (Å²) in [4.78, 5) is 34.8. The number of benzene rings is 4. The van der Waals surface area contributed by atoms with Gasteiger partial charge in [0.1, 0.15) is 57.0 Å². The fourth-order valence-corrected chi connectivity index (χ4v) is 9.25. The van der Waals surface area contributed by atoms with Gasteiger partial charge in [-0.05, 0) is 83.9 Å². The average molecular weight is 1120 g/mol. The minimum absolute atomic E-state index is 0.0349. The topological polar surface area (TPSA) is 234 Å². The lowest BCUT2D eigenvalue weighted by molar-refractivity contribution is -0.0501. The van der Waals surface area contributed by atoms with Gasteiger partial charge in [-0.15, -0.1) is 0 Å². The molecule has 12 rings (SSSR count). The molecule has 2 aliphatic heterocycles. The van der Waals surface area contributed by atoms with Gasteiger partial charge in [-0.2, -0.15) is 38.0 Å². The summed E-state index contributed by atoms with van der Waals surface area (Å²) in [5.74, 6) is 0.593. The second kappa shape index (κ2) is 24.3. The van der Waals surface area contributed by atoms with Crippen molar-refractivity contribution >= 4 is 34.5 Å². The second-order valence-corrected chi connectivity index (χ2v) is 18.5. The van der Waals surface area contributed by atoms with Crippen LogP contribution in [-0.4, -0.2) is 113 Å². The van der Waals surface area contributed by atoms with Crippen molar-refractivity contribution in [2.75, 3.05) is 50.2 Å². The van der Waals surface area contributed by atoms with E-state index in [1.165, 1.54) is 55.1 Å². The maximum atomic E-state index is 13.4. The van der Waals surface area contributed by atoms with Gasteiger partial charge in [0.15, 0.2) is 11.3 Å². The predicted octanol–water partition coefficient (Wildman–Crippen LogP) is 8.87. The zero-order chi connectivity index (χ0) is 56.7. The van der Waals surface area contributed by atoms with Gasteiger partial charge < -0.3 is 49.7 Å². The first-order chi connectivity index (χ1) is 39.9. The Bertz CT molecular complexity index is 3650. The number of fused-ring (bicyclic) bond motifs is 2. The number of aromatic nitrogens is 10. The van der Waals surface area contributed by atoms with Crippen molar-refractivity contribution in [3.63, 3.8) is 0 Å². The molecule has 2 atom stereocenters. The number of nitrogens with one attached hydrogen (secondary N) is 4. The van der Waals surface area contributed by atoms with Crippen molar-refractivity contribution < 1.29 is 55.6 Å². The summed E-state index contributed by atoms with van der Waals surface area (Å²) in [5, 5.41) is 29.6. The first-order valence-corrected chi connectivity index (χ1v) is 25.5. The normalized spacial score (nSPS) is 15.3. The Labute approximate surface area is 463 Å². The zero-order valence-electron chi connectivity index (χ0n) is 43.7. The minimum Gasteiger partial charge on any atom is -0.457 e. The molecule has 82 heavy (non-hydrogen) atoms. The summed E-state index contributed by atoms with van der Waals surface area (Å²) in [6.45, 7) is -2.23. The molecule has 2 aliphatic rings. The number of anilines is 2. The summed E-state index contributed by atoms with van der Waals surface area (Å²) in [6, 6.07) is 27.5. The number of hydrogen-bond acceptors (Lipinski definition) is 16. The molecule has 22 nitrogen and oxygen atoms in total. The lowest BCUT2D eigenvalue weighted by Gasteiger charge is -2.24. The maximum absolute atomic E-state index is 13.4. The van der Waals surface area contributed by atoms with Crippen molar-refractivity contribution in [3.8, 4) is 57.0 Å². The third-order valence-corrected chi connectivity index (χ3v) is 12.9. The van der Waals surface area contributed by atoms with Crippen molar-refractivity contribution in [2.45, 2.75) is 25.3 Å². The molecule has 2 unspecified atom stereocenters. The van der Waals surface area contributed by atoms with Crippen molar-refractivity contribution in [3.05, 3.63) is 169 Å². The average Bonchev–Trinajstić information content (AvgIpc) is 4.36. The summed E-state index contributed by atoms with van der Waals surface area (Å²) < 4.78 is 92.2. The van der Waals surface area contributed by atoms with E-state index in [-0.39, 0.29) is 68.6 Å². The van der Waals surface area contributed by atoms with Crippen molar-refractivity contribution in [2.24, 2.45) is 14.1 Å². The van der Waals surface area contributed by atoms with Crippen LogP contribution in [0.15, 0.2) is 147 Å². The molecular formula is C56H50F4N14O8. The fraction of sp³-hybridized carbons (Fsp3) is 0.214. The molecule has 2 amide bonds. The monoisotopic (exact) mass is 1120 g/mol. The van der Waals surface area contributed by atoms with Crippen LogP contribution in [0.5, 0.6) is 34.5 Å². The van der Waals surface area contributed by atoms with Crippen LogP contribution in [0.1, 0.15) is 43.9 Å². The Morgan fingerprint density at radius 3 is 1.45 bits per heavy atom. The number of amides is 2. The Balaban J connectivity index is 0.000000172. The second-order valence-electron chi connectivity index (χ2n) is 18.5. The van der Waals surface area contributed by atoms with E-state index in [4.69, 9.17) is 28.4 Å². The van der Waals surface area contributed by atoms with Crippen LogP contribution < -0.4 is 40.2 Å². The minimum atomic E-state index is -3.07. The lowest BCUT2D eigenvalue weighted by Crippen LogP contribution is -2.34. The first-order valence-electron chi connectivity index (χ1n) is 25.5. The van der Waals surface area contributed by atoms with Crippen LogP contribution in [0.25, 0.3) is 33.8 Å². The highest BCUT2D eigenvalue weighted by Gasteiger charge is 2.25. The maximum Gasteiger partial charge on any atom is 0.387 e. The molecule has 0 saturated carbocycles.